The second-order valence-electron chi connectivity index (χ2n) is 4.86. The lowest BCUT2D eigenvalue weighted by Crippen LogP contribution is -2.37. The molecule has 2 rings (SSSR count). The fourth-order valence-electron chi connectivity index (χ4n) is 1.91. The zero-order chi connectivity index (χ0) is 15.9. The number of hydrogen-bond donors (Lipinski definition) is 1. The molecule has 22 heavy (non-hydrogen) atoms. The number of benzene rings is 2. The van der Waals surface area contributed by atoms with Crippen LogP contribution in [0.15, 0.2) is 48.5 Å². The highest BCUT2D eigenvalue weighted by Gasteiger charge is 2.15. The van der Waals surface area contributed by atoms with Crippen molar-refractivity contribution in [3.05, 3.63) is 64.1 Å². The number of amides is 1. The van der Waals surface area contributed by atoms with Gasteiger partial charge in [-0.05, 0) is 43.2 Å². The zero-order valence-electron chi connectivity index (χ0n) is 12.2. The normalized spacial score (nSPS) is 11.8. The molecule has 0 heterocycles. The Morgan fingerprint density at radius 3 is 2.50 bits per heavy atom. The average Bonchev–Trinajstić information content (AvgIpc) is 2.51. The molecule has 2 aromatic rings. The summed E-state index contributed by atoms with van der Waals surface area (Å²) in [5, 5.41) is 4.04. The standard InChI is InChI=1S/C17H17Cl2NO2/c1-12(22-16-5-3-2-4-15(16)19)17(21)20-11-10-13-6-8-14(18)9-7-13/h2-9,12H,10-11H2,1H3,(H,20,21). The van der Waals surface area contributed by atoms with E-state index in [0.29, 0.717) is 22.3 Å². The summed E-state index contributed by atoms with van der Waals surface area (Å²) in [5.41, 5.74) is 1.12. The summed E-state index contributed by atoms with van der Waals surface area (Å²) in [5.74, 6) is 0.332. The van der Waals surface area contributed by atoms with E-state index in [1.807, 2.05) is 36.4 Å². The van der Waals surface area contributed by atoms with Crippen LogP contribution in [-0.2, 0) is 11.2 Å². The van der Waals surface area contributed by atoms with Gasteiger partial charge in [0.05, 0.1) is 5.02 Å². The van der Waals surface area contributed by atoms with Gasteiger partial charge in [-0.3, -0.25) is 4.79 Å². The summed E-state index contributed by atoms with van der Waals surface area (Å²) in [7, 11) is 0. The Bertz CT molecular complexity index is 629. The molecule has 116 valence electrons. The molecule has 1 unspecified atom stereocenters. The van der Waals surface area contributed by atoms with Gasteiger partial charge in [0.2, 0.25) is 0 Å². The molecule has 0 bridgehead atoms. The quantitative estimate of drug-likeness (QED) is 0.860. The molecule has 5 heteroatoms. The molecular formula is C17H17Cl2NO2. The van der Waals surface area contributed by atoms with Crippen LogP contribution in [0.1, 0.15) is 12.5 Å². The van der Waals surface area contributed by atoms with Crippen LogP contribution in [0, 0.1) is 0 Å². The van der Waals surface area contributed by atoms with Crippen molar-refractivity contribution in [2.45, 2.75) is 19.4 Å². The molecule has 0 fully saturated rings. The number of hydrogen-bond acceptors (Lipinski definition) is 2. The predicted octanol–water partition coefficient (Wildman–Crippen LogP) is 4.12. The number of carbonyl (C=O) groups is 1. The van der Waals surface area contributed by atoms with E-state index in [-0.39, 0.29) is 5.91 Å². The third kappa shape index (κ3) is 4.93. The third-order valence-electron chi connectivity index (χ3n) is 3.14. The summed E-state index contributed by atoms with van der Waals surface area (Å²) in [6, 6.07) is 14.6. The molecule has 1 amide bonds. The summed E-state index contributed by atoms with van der Waals surface area (Å²) in [6.07, 6.45) is 0.131. The summed E-state index contributed by atoms with van der Waals surface area (Å²) < 4.78 is 5.56. The highest BCUT2D eigenvalue weighted by molar-refractivity contribution is 6.32. The Labute approximate surface area is 140 Å². The van der Waals surface area contributed by atoms with Gasteiger partial charge in [-0.2, -0.15) is 0 Å². The molecule has 2 aromatic carbocycles. The summed E-state index contributed by atoms with van der Waals surface area (Å²) in [4.78, 5) is 12.0. The second kappa shape index (κ2) is 8.06. The van der Waals surface area contributed by atoms with Gasteiger partial charge >= 0.3 is 0 Å². The minimum Gasteiger partial charge on any atom is -0.479 e. The maximum absolute atomic E-state index is 12.0. The third-order valence-corrected chi connectivity index (χ3v) is 3.70. The number of halogens is 2. The first kappa shape index (κ1) is 16.7. The maximum Gasteiger partial charge on any atom is 0.260 e. The van der Waals surface area contributed by atoms with Crippen LogP contribution in [-0.4, -0.2) is 18.6 Å². The maximum atomic E-state index is 12.0. The van der Waals surface area contributed by atoms with Gasteiger partial charge in [-0.15, -0.1) is 0 Å². The Morgan fingerprint density at radius 2 is 1.82 bits per heavy atom. The topological polar surface area (TPSA) is 38.3 Å². The van der Waals surface area contributed by atoms with Crippen molar-refractivity contribution in [2.24, 2.45) is 0 Å². The van der Waals surface area contributed by atoms with Crippen molar-refractivity contribution in [3.63, 3.8) is 0 Å². The Kier molecular flexibility index (Phi) is 6.10. The average molecular weight is 338 g/mol. The second-order valence-corrected chi connectivity index (χ2v) is 5.70. The van der Waals surface area contributed by atoms with Crippen LogP contribution < -0.4 is 10.1 Å². The van der Waals surface area contributed by atoms with Gasteiger partial charge in [0, 0.05) is 11.6 Å². The Balaban J connectivity index is 1.79. The molecule has 0 saturated carbocycles. The lowest BCUT2D eigenvalue weighted by atomic mass is 10.1. The van der Waals surface area contributed by atoms with Gasteiger partial charge < -0.3 is 10.1 Å². The number of para-hydroxylation sites is 1. The molecular weight excluding hydrogens is 321 g/mol. The minimum absolute atomic E-state index is 0.172. The SMILES string of the molecule is CC(Oc1ccccc1Cl)C(=O)NCCc1ccc(Cl)cc1. The largest absolute Gasteiger partial charge is 0.479 e. The first-order chi connectivity index (χ1) is 10.6. The van der Waals surface area contributed by atoms with Crippen LogP contribution in [0.3, 0.4) is 0 Å². The summed E-state index contributed by atoms with van der Waals surface area (Å²) in [6.45, 7) is 2.23. The van der Waals surface area contributed by atoms with E-state index >= 15 is 0 Å². The first-order valence-electron chi connectivity index (χ1n) is 6.99. The van der Waals surface area contributed by atoms with Crippen LogP contribution in [0.4, 0.5) is 0 Å². The Hall–Kier alpha value is -1.71. The lowest BCUT2D eigenvalue weighted by molar-refractivity contribution is -0.127. The molecule has 1 atom stereocenters. The van der Waals surface area contributed by atoms with E-state index in [4.69, 9.17) is 27.9 Å². The minimum atomic E-state index is -0.606. The molecule has 0 aromatic heterocycles. The molecule has 3 nitrogen and oxygen atoms in total. The van der Waals surface area contributed by atoms with Crippen molar-refractivity contribution >= 4 is 29.1 Å². The van der Waals surface area contributed by atoms with Gasteiger partial charge in [0.25, 0.3) is 5.91 Å². The molecule has 0 aliphatic carbocycles. The molecule has 0 aliphatic rings. The fraction of sp³-hybridized carbons (Fsp3) is 0.235. The number of carbonyl (C=O) groups excluding carboxylic acids is 1. The highest BCUT2D eigenvalue weighted by Crippen LogP contribution is 2.24. The number of rotatable bonds is 6. The summed E-state index contributed by atoms with van der Waals surface area (Å²) >= 11 is 11.8. The van der Waals surface area contributed by atoms with E-state index in [0.717, 1.165) is 12.0 Å². The molecule has 0 radical (unpaired) electrons. The van der Waals surface area contributed by atoms with Crippen molar-refractivity contribution in [3.8, 4) is 5.75 Å². The molecule has 1 N–H and O–H groups in total. The van der Waals surface area contributed by atoms with E-state index in [1.165, 1.54) is 0 Å². The van der Waals surface area contributed by atoms with E-state index in [2.05, 4.69) is 5.32 Å². The van der Waals surface area contributed by atoms with Crippen LogP contribution in [0.25, 0.3) is 0 Å². The monoisotopic (exact) mass is 337 g/mol. The number of ether oxygens (including phenoxy) is 1. The van der Waals surface area contributed by atoms with Gasteiger partial charge in [-0.25, -0.2) is 0 Å². The smallest absolute Gasteiger partial charge is 0.260 e. The van der Waals surface area contributed by atoms with Crippen molar-refractivity contribution < 1.29 is 9.53 Å². The predicted molar refractivity (Wildman–Crippen MR) is 89.7 cm³/mol. The molecule has 0 spiro atoms. The number of nitrogens with one attached hydrogen (secondary N) is 1. The van der Waals surface area contributed by atoms with Gasteiger partial charge in [0.1, 0.15) is 5.75 Å². The molecule has 0 aliphatic heterocycles. The molecule has 0 saturated heterocycles. The van der Waals surface area contributed by atoms with E-state index in [9.17, 15) is 4.79 Å². The lowest BCUT2D eigenvalue weighted by Gasteiger charge is -2.15. The van der Waals surface area contributed by atoms with Crippen LogP contribution >= 0.6 is 23.2 Å². The van der Waals surface area contributed by atoms with Crippen LogP contribution in [0.2, 0.25) is 10.0 Å². The van der Waals surface area contributed by atoms with Crippen molar-refractivity contribution in [1.29, 1.82) is 0 Å². The first-order valence-corrected chi connectivity index (χ1v) is 7.75. The fourth-order valence-corrected chi connectivity index (χ4v) is 2.22. The Morgan fingerprint density at radius 1 is 1.14 bits per heavy atom. The zero-order valence-corrected chi connectivity index (χ0v) is 13.7. The van der Waals surface area contributed by atoms with E-state index in [1.54, 1.807) is 19.1 Å². The van der Waals surface area contributed by atoms with E-state index < -0.39 is 6.10 Å². The van der Waals surface area contributed by atoms with Gasteiger partial charge in [-0.1, -0.05) is 47.5 Å². The van der Waals surface area contributed by atoms with Crippen molar-refractivity contribution in [1.82, 2.24) is 5.32 Å². The highest BCUT2D eigenvalue weighted by atomic mass is 35.5. The van der Waals surface area contributed by atoms with Crippen LogP contribution in [0.5, 0.6) is 5.75 Å². The van der Waals surface area contributed by atoms with Crippen molar-refractivity contribution in [2.75, 3.05) is 6.54 Å². The van der Waals surface area contributed by atoms with Gasteiger partial charge in [0.15, 0.2) is 6.10 Å².